The smallest absolute Gasteiger partial charge is 0.362 e. The molecule has 1 aromatic heterocycles. The fourth-order valence-corrected chi connectivity index (χ4v) is 3.87. The lowest BCUT2D eigenvalue weighted by Gasteiger charge is -2.12. The second-order valence-electron chi connectivity index (χ2n) is 4.46. The Hall–Kier alpha value is -1.30. The van der Waals surface area contributed by atoms with Crippen LogP contribution in [-0.4, -0.2) is 21.1 Å². The van der Waals surface area contributed by atoms with Crippen molar-refractivity contribution in [3.63, 3.8) is 0 Å². The number of anilines is 1. The first-order valence-electron chi connectivity index (χ1n) is 6.31. The number of aryl methyl sites for hydroxylation is 1. The van der Waals surface area contributed by atoms with E-state index in [9.17, 15) is 4.57 Å². The van der Waals surface area contributed by atoms with Gasteiger partial charge in [0.25, 0.3) is 0 Å². The number of nitrogens with two attached hydrogens (primary N) is 1. The highest BCUT2D eigenvalue weighted by Gasteiger charge is 2.20. The third-order valence-corrected chi connectivity index (χ3v) is 4.84. The quantitative estimate of drug-likeness (QED) is 0.408. The average molecular weight is 359 g/mol. The summed E-state index contributed by atoms with van der Waals surface area (Å²) in [7, 11) is -4.31. The Labute approximate surface area is 135 Å². The molecule has 10 heteroatoms. The van der Waals surface area contributed by atoms with Crippen LogP contribution >= 0.6 is 30.7 Å². The molecule has 0 aliphatic heterocycles. The number of hydrogen-bond donors (Lipinski definition) is 3. The van der Waals surface area contributed by atoms with Crippen molar-refractivity contribution in [2.24, 2.45) is 0 Å². The van der Waals surface area contributed by atoms with Gasteiger partial charge in [-0.05, 0) is 29.8 Å². The number of rotatable bonds is 6. The first-order valence-corrected chi connectivity index (χ1v) is 9.74. The van der Waals surface area contributed by atoms with E-state index in [0.717, 1.165) is 34.9 Å². The second-order valence-corrected chi connectivity index (χ2v) is 7.91. The maximum atomic E-state index is 11.0. The summed E-state index contributed by atoms with van der Waals surface area (Å²) in [6, 6.07) is 1.59. The van der Waals surface area contributed by atoms with Crippen LogP contribution < -0.4 is 10.5 Å². The van der Waals surface area contributed by atoms with Crippen molar-refractivity contribution >= 4 is 46.0 Å². The number of ether oxygens (including phenoxy) is 1. The number of fused-ring (bicyclic) bond motifs is 1. The van der Waals surface area contributed by atoms with Gasteiger partial charge in [-0.2, -0.15) is 5.26 Å². The van der Waals surface area contributed by atoms with Crippen LogP contribution in [0.2, 0.25) is 0 Å². The number of thioether (sulfide) groups is 1. The molecule has 0 saturated carbocycles. The summed E-state index contributed by atoms with van der Waals surface area (Å²) in [5.74, 6) is 0.226. The van der Waals surface area contributed by atoms with E-state index in [-0.39, 0.29) is 5.75 Å². The fourth-order valence-electron chi connectivity index (χ4n) is 1.99. The Morgan fingerprint density at radius 1 is 1.59 bits per heavy atom. The van der Waals surface area contributed by atoms with Gasteiger partial charge in [0.15, 0.2) is 11.5 Å². The zero-order valence-electron chi connectivity index (χ0n) is 11.6. The Morgan fingerprint density at radius 2 is 2.32 bits per heavy atom. The first-order chi connectivity index (χ1) is 10.4. The van der Waals surface area contributed by atoms with Crippen molar-refractivity contribution in [3.05, 3.63) is 11.6 Å². The van der Waals surface area contributed by atoms with Gasteiger partial charge in [-0.3, -0.25) is 4.57 Å². The molecule has 0 unspecified atom stereocenters. The van der Waals surface area contributed by atoms with E-state index in [2.05, 4.69) is 4.98 Å². The third-order valence-electron chi connectivity index (χ3n) is 2.75. The molecule has 0 atom stereocenters. The molecule has 0 aliphatic carbocycles. The van der Waals surface area contributed by atoms with Crippen LogP contribution in [0, 0.1) is 10.7 Å². The predicted octanol–water partition coefficient (Wildman–Crippen LogP) is 2.92. The van der Waals surface area contributed by atoms with Crippen LogP contribution in [0.1, 0.15) is 18.9 Å². The molecular formula is C12H14N3O4PS2. The number of hydrogen-bond acceptors (Lipinski definition) is 7. The molecule has 0 spiro atoms. The summed E-state index contributed by atoms with van der Waals surface area (Å²) < 4.78 is 17.0. The minimum absolute atomic E-state index is 0.226. The van der Waals surface area contributed by atoms with Crippen LogP contribution in [-0.2, 0) is 11.0 Å². The SMILES string of the molecule is CCCc1c(SC#N)cc(OCP(=O)(O)O)c2nc(N)sc12. The minimum atomic E-state index is -4.31. The Balaban J connectivity index is 2.58. The van der Waals surface area contributed by atoms with Gasteiger partial charge in [0.05, 0.1) is 4.70 Å². The van der Waals surface area contributed by atoms with E-state index in [1.54, 1.807) is 6.07 Å². The largest absolute Gasteiger partial charge is 0.479 e. The van der Waals surface area contributed by atoms with Crippen molar-refractivity contribution in [2.45, 2.75) is 24.7 Å². The van der Waals surface area contributed by atoms with Crippen LogP contribution in [0.4, 0.5) is 5.13 Å². The Kier molecular flexibility index (Phi) is 5.32. The van der Waals surface area contributed by atoms with E-state index >= 15 is 0 Å². The van der Waals surface area contributed by atoms with Crippen molar-refractivity contribution in [1.82, 2.24) is 4.98 Å². The van der Waals surface area contributed by atoms with Crippen LogP contribution in [0.25, 0.3) is 10.2 Å². The zero-order valence-corrected chi connectivity index (χ0v) is 14.2. The second kappa shape index (κ2) is 6.86. The summed E-state index contributed by atoms with van der Waals surface area (Å²) in [6.45, 7) is 2.02. The number of nitrogen functional groups attached to an aromatic ring is 1. The van der Waals surface area contributed by atoms with Crippen molar-refractivity contribution in [2.75, 3.05) is 12.1 Å². The lowest BCUT2D eigenvalue weighted by Crippen LogP contribution is -2.00. The molecule has 7 nitrogen and oxygen atoms in total. The molecule has 0 aliphatic rings. The fraction of sp³-hybridized carbons (Fsp3) is 0.333. The van der Waals surface area contributed by atoms with E-state index < -0.39 is 13.9 Å². The summed E-state index contributed by atoms with van der Waals surface area (Å²) in [5, 5.41) is 11.3. The zero-order chi connectivity index (χ0) is 16.3. The molecule has 2 aromatic rings. The van der Waals surface area contributed by atoms with Gasteiger partial charge in [0, 0.05) is 4.90 Å². The highest BCUT2D eigenvalue weighted by Crippen LogP contribution is 2.42. The molecule has 0 amide bonds. The molecule has 1 heterocycles. The number of aromatic nitrogens is 1. The van der Waals surface area contributed by atoms with Gasteiger partial charge < -0.3 is 20.3 Å². The summed E-state index contributed by atoms with van der Waals surface area (Å²) in [4.78, 5) is 22.8. The number of nitriles is 1. The molecule has 0 saturated heterocycles. The summed E-state index contributed by atoms with van der Waals surface area (Å²) in [5.41, 5.74) is 7.19. The average Bonchev–Trinajstić information content (AvgIpc) is 2.80. The summed E-state index contributed by atoms with van der Waals surface area (Å²) >= 11 is 2.26. The highest BCUT2D eigenvalue weighted by atomic mass is 32.2. The molecule has 0 fully saturated rings. The molecule has 22 heavy (non-hydrogen) atoms. The number of thiocyanates is 1. The Bertz CT molecular complexity index is 781. The highest BCUT2D eigenvalue weighted by molar-refractivity contribution is 8.03. The van der Waals surface area contributed by atoms with Crippen molar-refractivity contribution in [3.8, 4) is 11.2 Å². The topological polar surface area (TPSA) is 129 Å². The minimum Gasteiger partial charge on any atom is -0.479 e. The monoisotopic (exact) mass is 359 g/mol. The van der Waals surface area contributed by atoms with E-state index in [0.29, 0.717) is 15.5 Å². The Morgan fingerprint density at radius 3 is 2.91 bits per heavy atom. The van der Waals surface area contributed by atoms with Gasteiger partial charge in [-0.1, -0.05) is 24.7 Å². The lowest BCUT2D eigenvalue weighted by molar-refractivity contribution is 0.302. The number of nitrogens with zero attached hydrogens (tertiary/aromatic N) is 2. The molecule has 1 aromatic carbocycles. The molecular weight excluding hydrogens is 345 g/mol. The van der Waals surface area contributed by atoms with Crippen molar-refractivity contribution in [1.29, 1.82) is 5.26 Å². The van der Waals surface area contributed by atoms with Crippen molar-refractivity contribution < 1.29 is 19.1 Å². The van der Waals surface area contributed by atoms with E-state index in [1.807, 2.05) is 12.3 Å². The van der Waals surface area contributed by atoms with Gasteiger partial charge in [0.2, 0.25) is 0 Å². The molecule has 118 valence electrons. The molecule has 0 bridgehead atoms. The maximum absolute atomic E-state index is 11.0. The standard InChI is InChI=1S/C12H14N3O4PS2/c1-2-3-7-9(21-5-13)4-8(19-6-20(16,17)18)10-11(7)22-12(14)15-10/h4H,2-3,6H2,1H3,(H2,14,15)(H2,16,17,18). The lowest BCUT2D eigenvalue weighted by atomic mass is 10.1. The summed E-state index contributed by atoms with van der Waals surface area (Å²) in [6.07, 6.45) is 0.888. The molecule has 2 rings (SSSR count). The molecule has 0 radical (unpaired) electrons. The molecule has 4 N–H and O–H groups in total. The number of thiazole rings is 1. The third kappa shape index (κ3) is 3.91. The van der Waals surface area contributed by atoms with Gasteiger partial charge in [0.1, 0.15) is 16.7 Å². The van der Waals surface area contributed by atoms with Gasteiger partial charge in [-0.15, -0.1) is 0 Å². The van der Waals surface area contributed by atoms with Crippen LogP contribution in [0.15, 0.2) is 11.0 Å². The van der Waals surface area contributed by atoms with Gasteiger partial charge in [-0.25, -0.2) is 4.98 Å². The maximum Gasteiger partial charge on any atom is 0.362 e. The van der Waals surface area contributed by atoms with Crippen LogP contribution in [0.3, 0.4) is 0 Å². The van der Waals surface area contributed by atoms with Gasteiger partial charge >= 0.3 is 7.60 Å². The number of benzene rings is 1. The predicted molar refractivity (Wildman–Crippen MR) is 87.0 cm³/mol. The van der Waals surface area contributed by atoms with Crippen LogP contribution in [0.5, 0.6) is 5.75 Å². The normalized spacial score (nSPS) is 11.5. The first kappa shape index (κ1) is 17.1. The van der Waals surface area contributed by atoms with E-state index in [1.165, 1.54) is 11.3 Å². The van der Waals surface area contributed by atoms with E-state index in [4.69, 9.17) is 25.5 Å².